The molecule has 0 fully saturated rings. The van der Waals surface area contributed by atoms with Crippen LogP contribution in [0.2, 0.25) is 0 Å². The standard InChI is InChI=1S/C6H5FS.2CH3.Al/c7-5-1-3-6(8)4-2-5;;;/h1-4,8H;2*1H3;/q;2*-1;+3/p-1. The molecule has 0 heterocycles. The van der Waals surface area contributed by atoms with Crippen molar-refractivity contribution in [2.24, 2.45) is 0 Å². The Morgan fingerprint density at radius 3 is 1.64 bits per heavy atom. The van der Waals surface area contributed by atoms with E-state index in [1.807, 2.05) is 0 Å². The third-order valence-electron chi connectivity index (χ3n) is 0.814. The maximum atomic E-state index is 12.0. The minimum Gasteiger partial charge on any atom is -0.780 e. The van der Waals surface area contributed by atoms with Gasteiger partial charge in [0.1, 0.15) is 5.82 Å². The summed E-state index contributed by atoms with van der Waals surface area (Å²) in [5.74, 6) is -0.237. The van der Waals surface area contributed by atoms with Crippen LogP contribution in [0.4, 0.5) is 4.39 Å². The van der Waals surface area contributed by atoms with Gasteiger partial charge in [-0.3, -0.25) is 0 Å². The van der Waals surface area contributed by atoms with Crippen molar-refractivity contribution in [3.05, 3.63) is 44.9 Å². The van der Waals surface area contributed by atoms with Gasteiger partial charge in [-0.05, 0) is 12.1 Å². The van der Waals surface area contributed by atoms with E-state index >= 15 is 0 Å². The molecule has 3 heteroatoms. The molecule has 0 atom stereocenters. The van der Waals surface area contributed by atoms with E-state index in [1.165, 1.54) is 12.1 Å². The fourth-order valence-corrected chi connectivity index (χ4v) is 0.571. The van der Waals surface area contributed by atoms with Crippen LogP contribution in [-0.4, -0.2) is 17.4 Å². The molecule has 0 aromatic heterocycles. The molecule has 1 aromatic rings. The van der Waals surface area contributed by atoms with Crippen LogP contribution in [0, 0.1) is 20.7 Å². The zero-order chi connectivity index (χ0) is 5.98. The summed E-state index contributed by atoms with van der Waals surface area (Å²) >= 11 is 4.70. The molecule has 11 heavy (non-hydrogen) atoms. The average molecular weight is 184 g/mol. The Morgan fingerprint density at radius 1 is 1.00 bits per heavy atom. The molecule has 0 saturated carbocycles. The fraction of sp³-hybridized carbons (Fsp3) is 0. The monoisotopic (exact) mass is 184 g/mol. The van der Waals surface area contributed by atoms with Crippen LogP contribution in [-0.2, 0) is 12.6 Å². The summed E-state index contributed by atoms with van der Waals surface area (Å²) in [5, 5.41) is 0. The molecule has 0 saturated heterocycles. The molecule has 0 spiro atoms. The molecular weight excluding hydrogens is 174 g/mol. The van der Waals surface area contributed by atoms with Gasteiger partial charge in [0.15, 0.2) is 0 Å². The van der Waals surface area contributed by atoms with Crippen molar-refractivity contribution >= 4 is 30.0 Å². The van der Waals surface area contributed by atoms with E-state index in [-0.39, 0.29) is 38.0 Å². The molecule has 0 aliphatic carbocycles. The minimum atomic E-state index is -0.237. The van der Waals surface area contributed by atoms with Crippen LogP contribution >= 0.6 is 0 Å². The molecule has 58 valence electrons. The largest absolute Gasteiger partial charge is 3.00 e. The van der Waals surface area contributed by atoms with Gasteiger partial charge >= 0.3 is 17.4 Å². The zero-order valence-corrected chi connectivity index (χ0v) is 8.64. The fourth-order valence-electron chi connectivity index (χ4n) is 0.435. The van der Waals surface area contributed by atoms with Gasteiger partial charge in [-0.1, -0.05) is 12.1 Å². The second-order valence-electron chi connectivity index (χ2n) is 1.45. The first kappa shape index (κ1) is 17.1. The number of halogens is 1. The minimum absolute atomic E-state index is 0. The molecule has 0 unspecified atom stereocenters. The Kier molecular flexibility index (Phi) is 12.5. The second-order valence-corrected chi connectivity index (χ2v) is 1.93. The maximum absolute atomic E-state index is 12.0. The van der Waals surface area contributed by atoms with E-state index in [9.17, 15) is 4.39 Å². The molecule has 1 rings (SSSR count). The van der Waals surface area contributed by atoms with Crippen LogP contribution < -0.4 is 0 Å². The molecule has 0 aliphatic rings. The first-order valence-corrected chi connectivity index (χ1v) is 2.62. The summed E-state index contributed by atoms with van der Waals surface area (Å²) in [6.07, 6.45) is 0. The summed E-state index contributed by atoms with van der Waals surface area (Å²) < 4.78 is 12.0. The van der Waals surface area contributed by atoms with E-state index in [1.54, 1.807) is 12.1 Å². The summed E-state index contributed by atoms with van der Waals surface area (Å²) in [7, 11) is 0. The molecule has 1 aromatic carbocycles. The van der Waals surface area contributed by atoms with Gasteiger partial charge in [0.2, 0.25) is 0 Å². The van der Waals surface area contributed by atoms with Crippen molar-refractivity contribution in [3.63, 3.8) is 0 Å². The second kappa shape index (κ2) is 8.00. The Labute approximate surface area is 84.4 Å². The van der Waals surface area contributed by atoms with Crippen LogP contribution in [0.25, 0.3) is 0 Å². The van der Waals surface area contributed by atoms with E-state index in [0.29, 0.717) is 4.90 Å². The van der Waals surface area contributed by atoms with Crippen LogP contribution in [0.1, 0.15) is 0 Å². The zero-order valence-electron chi connectivity index (χ0n) is 6.67. The number of hydrogen-bond acceptors (Lipinski definition) is 1. The predicted molar refractivity (Wildman–Crippen MR) is 50.6 cm³/mol. The molecule has 0 N–H and O–H groups in total. The Balaban J connectivity index is -0.000000213. The maximum Gasteiger partial charge on any atom is 3.00 e. The van der Waals surface area contributed by atoms with Crippen molar-refractivity contribution in [2.45, 2.75) is 4.90 Å². The third-order valence-corrected chi connectivity index (χ3v) is 1.09. The summed E-state index contributed by atoms with van der Waals surface area (Å²) in [6.45, 7) is 0. The SMILES string of the molecule is Fc1ccc([S-])cc1.[Al+3].[CH3-].[CH3-]. The molecule has 0 bridgehead atoms. The predicted octanol–water partition coefficient (Wildman–Crippen LogP) is 2.25. The molecule has 0 nitrogen and oxygen atoms in total. The van der Waals surface area contributed by atoms with Crippen LogP contribution in [0.15, 0.2) is 29.2 Å². The molecule has 0 radical (unpaired) electrons. The van der Waals surface area contributed by atoms with Crippen molar-refractivity contribution in [2.75, 3.05) is 0 Å². The van der Waals surface area contributed by atoms with Gasteiger partial charge in [-0.25, -0.2) is 4.39 Å². The van der Waals surface area contributed by atoms with Gasteiger partial charge in [0, 0.05) is 0 Å². The van der Waals surface area contributed by atoms with Crippen molar-refractivity contribution < 1.29 is 4.39 Å². The van der Waals surface area contributed by atoms with E-state index < -0.39 is 0 Å². The van der Waals surface area contributed by atoms with Crippen molar-refractivity contribution in [3.8, 4) is 0 Å². The Hall–Kier alpha value is -0.0975. The van der Waals surface area contributed by atoms with Crippen molar-refractivity contribution in [1.29, 1.82) is 0 Å². The number of hydrogen-bond donors (Lipinski definition) is 0. The smallest absolute Gasteiger partial charge is 0.780 e. The van der Waals surface area contributed by atoms with Crippen LogP contribution in [0.5, 0.6) is 0 Å². The van der Waals surface area contributed by atoms with E-state index in [4.69, 9.17) is 12.6 Å². The van der Waals surface area contributed by atoms with Gasteiger partial charge in [0.25, 0.3) is 0 Å². The number of benzene rings is 1. The van der Waals surface area contributed by atoms with E-state index in [0.717, 1.165) is 0 Å². The summed E-state index contributed by atoms with van der Waals surface area (Å²) in [4.78, 5) is 0.673. The average Bonchev–Trinajstić information content (AvgIpc) is 1.77. The van der Waals surface area contributed by atoms with Crippen LogP contribution in [0.3, 0.4) is 0 Å². The molecular formula is C8H10AlFS. The van der Waals surface area contributed by atoms with Crippen molar-refractivity contribution in [1.82, 2.24) is 0 Å². The topological polar surface area (TPSA) is 0 Å². The normalized spacial score (nSPS) is 6.64. The quantitative estimate of drug-likeness (QED) is 0.338. The first-order valence-electron chi connectivity index (χ1n) is 2.21. The third kappa shape index (κ3) is 6.31. The van der Waals surface area contributed by atoms with Gasteiger partial charge in [0.05, 0.1) is 0 Å². The summed E-state index contributed by atoms with van der Waals surface area (Å²) in [5.41, 5.74) is 0. The Morgan fingerprint density at radius 2 is 1.36 bits per heavy atom. The van der Waals surface area contributed by atoms with Gasteiger partial charge in [-0.15, -0.1) is 0 Å². The number of rotatable bonds is 0. The first-order chi connectivity index (χ1) is 3.79. The van der Waals surface area contributed by atoms with Gasteiger partial charge in [-0.2, -0.15) is 4.90 Å². The molecule has 0 aliphatic heterocycles. The Bertz CT molecular complexity index is 153. The molecule has 0 amide bonds. The summed E-state index contributed by atoms with van der Waals surface area (Å²) in [6, 6.07) is 5.82. The van der Waals surface area contributed by atoms with Gasteiger partial charge < -0.3 is 27.5 Å². The van der Waals surface area contributed by atoms with E-state index in [2.05, 4.69) is 0 Å².